The van der Waals surface area contributed by atoms with Crippen molar-refractivity contribution in [3.63, 3.8) is 0 Å². The Bertz CT molecular complexity index is 395. The summed E-state index contributed by atoms with van der Waals surface area (Å²) in [5.41, 5.74) is 5.54. The molecule has 0 fully saturated rings. The first-order chi connectivity index (χ1) is 10.0. The lowest BCUT2D eigenvalue weighted by atomic mass is 10.3. The Balaban J connectivity index is 0. The molecule has 0 aliphatic heterocycles. The Labute approximate surface area is 124 Å². The van der Waals surface area contributed by atoms with E-state index >= 15 is 0 Å². The standard InChI is InChI=1S/C10H17NO4.C2HF3O2/c1-8(2)10(13)15-7-6-14-9(12)4-3-5-11;3-2(4,5)1(6)7/h1,3-7,11H2,2H3;(H,6,7). The topological polar surface area (TPSA) is 116 Å². The molecular weight excluding hydrogens is 311 g/mol. The first-order valence-electron chi connectivity index (χ1n) is 6.00. The molecule has 0 amide bonds. The van der Waals surface area contributed by atoms with Crippen LogP contribution in [0.5, 0.6) is 0 Å². The molecule has 0 unspecified atom stereocenters. The highest BCUT2D eigenvalue weighted by Gasteiger charge is 2.38. The fourth-order valence-electron chi connectivity index (χ4n) is 0.732. The number of aliphatic carboxylic acids is 1. The van der Waals surface area contributed by atoms with Crippen molar-refractivity contribution in [1.29, 1.82) is 0 Å². The molecule has 0 bridgehead atoms. The molecule has 0 rings (SSSR count). The number of ether oxygens (including phenoxy) is 2. The predicted octanol–water partition coefficient (Wildman–Crippen LogP) is 1.02. The minimum Gasteiger partial charge on any atom is -0.475 e. The molecule has 0 aromatic rings. The lowest BCUT2D eigenvalue weighted by Gasteiger charge is -2.05. The van der Waals surface area contributed by atoms with Gasteiger partial charge in [-0.2, -0.15) is 13.2 Å². The summed E-state index contributed by atoms with van der Waals surface area (Å²) in [6, 6.07) is 0. The minimum absolute atomic E-state index is 0.0556. The van der Waals surface area contributed by atoms with Crippen molar-refractivity contribution in [2.75, 3.05) is 19.8 Å². The SMILES string of the molecule is C=C(C)C(=O)OCCOC(=O)CCCN.O=C(O)C(F)(F)F. The number of hydrogen-bond acceptors (Lipinski definition) is 6. The maximum Gasteiger partial charge on any atom is 0.490 e. The summed E-state index contributed by atoms with van der Waals surface area (Å²) in [6.07, 6.45) is -4.19. The van der Waals surface area contributed by atoms with Gasteiger partial charge in [0.05, 0.1) is 0 Å². The van der Waals surface area contributed by atoms with Crippen LogP contribution in [0.2, 0.25) is 0 Å². The normalized spacial score (nSPS) is 10.0. The molecule has 0 radical (unpaired) electrons. The summed E-state index contributed by atoms with van der Waals surface area (Å²) in [5, 5.41) is 7.12. The molecular formula is C12H18F3NO6. The van der Waals surface area contributed by atoms with Crippen LogP contribution in [0.1, 0.15) is 19.8 Å². The summed E-state index contributed by atoms with van der Waals surface area (Å²) in [7, 11) is 0. The highest BCUT2D eigenvalue weighted by molar-refractivity contribution is 5.86. The van der Waals surface area contributed by atoms with Crippen molar-refractivity contribution < 1.29 is 42.1 Å². The lowest BCUT2D eigenvalue weighted by Crippen LogP contribution is -2.21. The van der Waals surface area contributed by atoms with E-state index in [9.17, 15) is 22.8 Å². The summed E-state index contributed by atoms with van der Waals surface area (Å²) >= 11 is 0. The highest BCUT2D eigenvalue weighted by Crippen LogP contribution is 2.13. The average Bonchev–Trinajstić information content (AvgIpc) is 2.40. The number of hydrogen-bond donors (Lipinski definition) is 2. The largest absolute Gasteiger partial charge is 0.490 e. The second kappa shape index (κ2) is 11.5. The first-order valence-corrected chi connectivity index (χ1v) is 6.00. The Morgan fingerprint density at radius 1 is 1.18 bits per heavy atom. The van der Waals surface area contributed by atoms with Gasteiger partial charge in [0.15, 0.2) is 0 Å². The lowest BCUT2D eigenvalue weighted by molar-refractivity contribution is -0.192. The molecule has 0 aliphatic carbocycles. The van der Waals surface area contributed by atoms with Gasteiger partial charge in [0, 0.05) is 12.0 Å². The van der Waals surface area contributed by atoms with Crippen LogP contribution >= 0.6 is 0 Å². The van der Waals surface area contributed by atoms with Crippen molar-refractivity contribution in [1.82, 2.24) is 0 Å². The number of carbonyl (C=O) groups is 3. The molecule has 0 atom stereocenters. The number of nitrogens with two attached hydrogens (primary N) is 1. The molecule has 0 aromatic heterocycles. The molecule has 10 heteroatoms. The van der Waals surface area contributed by atoms with Crippen LogP contribution in [0.25, 0.3) is 0 Å². The van der Waals surface area contributed by atoms with E-state index in [-0.39, 0.29) is 19.2 Å². The van der Waals surface area contributed by atoms with E-state index in [1.54, 1.807) is 6.92 Å². The van der Waals surface area contributed by atoms with Crippen LogP contribution < -0.4 is 5.73 Å². The number of rotatable bonds is 7. The number of carboxylic acid groups (broad SMARTS) is 1. The van der Waals surface area contributed by atoms with Gasteiger partial charge in [0.1, 0.15) is 13.2 Å². The molecule has 0 heterocycles. The molecule has 3 N–H and O–H groups in total. The van der Waals surface area contributed by atoms with Crippen molar-refractivity contribution in [2.45, 2.75) is 25.9 Å². The number of carboxylic acids is 1. The Morgan fingerprint density at radius 2 is 1.64 bits per heavy atom. The fraction of sp³-hybridized carbons (Fsp3) is 0.583. The third kappa shape index (κ3) is 14.3. The first kappa shape index (κ1) is 22.2. The van der Waals surface area contributed by atoms with Gasteiger partial charge in [-0.05, 0) is 19.9 Å². The van der Waals surface area contributed by atoms with Crippen LogP contribution in [0.3, 0.4) is 0 Å². The van der Waals surface area contributed by atoms with E-state index in [0.29, 0.717) is 25.0 Å². The van der Waals surface area contributed by atoms with Crippen molar-refractivity contribution in [3.05, 3.63) is 12.2 Å². The van der Waals surface area contributed by atoms with Crippen LogP contribution in [0, 0.1) is 0 Å². The van der Waals surface area contributed by atoms with E-state index < -0.39 is 18.1 Å². The third-order valence-corrected chi connectivity index (χ3v) is 1.76. The van der Waals surface area contributed by atoms with Crippen molar-refractivity contribution in [3.8, 4) is 0 Å². The summed E-state index contributed by atoms with van der Waals surface area (Å²) < 4.78 is 41.2. The molecule has 0 aromatic carbocycles. The number of carbonyl (C=O) groups excluding carboxylic acids is 2. The molecule has 0 saturated heterocycles. The number of halogens is 3. The number of esters is 2. The van der Waals surface area contributed by atoms with Crippen LogP contribution in [-0.2, 0) is 23.9 Å². The maximum atomic E-state index is 10.9. The van der Waals surface area contributed by atoms with Crippen LogP contribution in [-0.4, -0.2) is 48.9 Å². The quantitative estimate of drug-likeness (QED) is 0.407. The average molecular weight is 329 g/mol. The third-order valence-electron chi connectivity index (χ3n) is 1.76. The van der Waals surface area contributed by atoms with Crippen molar-refractivity contribution in [2.24, 2.45) is 5.73 Å². The molecule has 22 heavy (non-hydrogen) atoms. The zero-order valence-electron chi connectivity index (χ0n) is 11.9. The summed E-state index contributed by atoms with van der Waals surface area (Å²) in [5.74, 6) is -3.56. The molecule has 0 spiro atoms. The predicted molar refractivity (Wildman–Crippen MR) is 68.7 cm³/mol. The Morgan fingerprint density at radius 3 is 2.00 bits per heavy atom. The molecule has 0 aliphatic rings. The minimum atomic E-state index is -5.08. The van der Waals surface area contributed by atoms with Gasteiger partial charge in [-0.1, -0.05) is 6.58 Å². The molecule has 7 nitrogen and oxygen atoms in total. The highest BCUT2D eigenvalue weighted by atomic mass is 19.4. The zero-order chi connectivity index (χ0) is 17.8. The smallest absolute Gasteiger partial charge is 0.475 e. The van der Waals surface area contributed by atoms with Gasteiger partial charge < -0.3 is 20.3 Å². The second-order valence-corrected chi connectivity index (χ2v) is 3.83. The Hall–Kier alpha value is -2.10. The van der Waals surface area contributed by atoms with Crippen LogP contribution in [0.4, 0.5) is 13.2 Å². The van der Waals surface area contributed by atoms with Gasteiger partial charge in [0.2, 0.25) is 0 Å². The summed E-state index contributed by atoms with van der Waals surface area (Å²) in [6.45, 7) is 5.55. The van der Waals surface area contributed by atoms with Gasteiger partial charge in [0.25, 0.3) is 0 Å². The van der Waals surface area contributed by atoms with E-state index in [4.69, 9.17) is 25.1 Å². The monoisotopic (exact) mass is 329 g/mol. The van der Waals surface area contributed by atoms with Gasteiger partial charge in [-0.15, -0.1) is 0 Å². The fourth-order valence-corrected chi connectivity index (χ4v) is 0.732. The second-order valence-electron chi connectivity index (χ2n) is 3.83. The van der Waals surface area contributed by atoms with Crippen LogP contribution in [0.15, 0.2) is 12.2 Å². The van der Waals surface area contributed by atoms with E-state index in [1.165, 1.54) is 0 Å². The molecule has 128 valence electrons. The van der Waals surface area contributed by atoms with Crippen molar-refractivity contribution >= 4 is 17.9 Å². The van der Waals surface area contributed by atoms with Gasteiger partial charge in [-0.3, -0.25) is 4.79 Å². The maximum absolute atomic E-state index is 10.9. The van der Waals surface area contributed by atoms with E-state index in [2.05, 4.69) is 6.58 Å². The van der Waals surface area contributed by atoms with E-state index in [0.717, 1.165) is 0 Å². The molecule has 0 saturated carbocycles. The Kier molecular flexibility index (Phi) is 11.6. The zero-order valence-corrected chi connectivity index (χ0v) is 11.9. The van der Waals surface area contributed by atoms with Gasteiger partial charge in [-0.25, -0.2) is 9.59 Å². The van der Waals surface area contributed by atoms with Gasteiger partial charge >= 0.3 is 24.1 Å². The summed E-state index contributed by atoms with van der Waals surface area (Å²) in [4.78, 5) is 30.7. The van der Waals surface area contributed by atoms with E-state index in [1.807, 2.05) is 0 Å². The number of alkyl halides is 3.